The Balaban J connectivity index is 2.32. The number of alkyl halides is 3. The molecule has 82 valence electrons. The van der Waals surface area contributed by atoms with Crippen LogP contribution in [0.2, 0.25) is 0 Å². The molecule has 1 aromatic rings. The number of benzene rings is 1. The van der Waals surface area contributed by atoms with Gasteiger partial charge in [0.1, 0.15) is 5.75 Å². The van der Waals surface area contributed by atoms with Gasteiger partial charge in [0.15, 0.2) is 0 Å². The van der Waals surface area contributed by atoms with E-state index < -0.39 is 12.4 Å². The molecule has 0 radical (unpaired) electrons. The highest BCUT2D eigenvalue weighted by Crippen LogP contribution is 2.40. The van der Waals surface area contributed by atoms with Gasteiger partial charge in [-0.2, -0.15) is 13.2 Å². The smallest absolute Gasteiger partial charge is 0.445 e. The molecule has 1 aromatic carbocycles. The van der Waals surface area contributed by atoms with Crippen LogP contribution in [0, 0.1) is 6.92 Å². The van der Waals surface area contributed by atoms with Gasteiger partial charge in [-0.05, 0) is 24.6 Å². The highest BCUT2D eigenvalue weighted by Gasteiger charge is 2.45. The van der Waals surface area contributed by atoms with Gasteiger partial charge in [0.25, 0.3) is 6.23 Å². The first kappa shape index (κ1) is 10.6. The molecule has 15 heavy (non-hydrogen) atoms. The van der Waals surface area contributed by atoms with E-state index in [-0.39, 0.29) is 5.75 Å². The number of hydrogen-bond donors (Lipinski definition) is 1. The molecule has 0 bridgehead atoms. The fraction of sp³-hybridized carbons (Fsp3) is 0.333. The zero-order chi connectivity index (χ0) is 11.2. The lowest BCUT2D eigenvalue weighted by Gasteiger charge is -2.14. The van der Waals surface area contributed by atoms with Gasteiger partial charge in [-0.3, -0.25) is 0 Å². The second-order valence-corrected chi connectivity index (χ2v) is 4.14. The van der Waals surface area contributed by atoms with Crippen LogP contribution in [-0.2, 0) is 0 Å². The minimum absolute atomic E-state index is 0.217. The van der Waals surface area contributed by atoms with Crippen LogP contribution in [0.15, 0.2) is 16.6 Å². The lowest BCUT2D eigenvalue weighted by molar-refractivity contribution is -0.182. The summed E-state index contributed by atoms with van der Waals surface area (Å²) in [5.74, 6) is 0.217. The van der Waals surface area contributed by atoms with Crippen molar-refractivity contribution < 1.29 is 17.9 Å². The third-order valence-electron chi connectivity index (χ3n) is 2.09. The fourth-order valence-electron chi connectivity index (χ4n) is 1.32. The first-order chi connectivity index (χ1) is 6.88. The molecule has 1 aliphatic heterocycles. The van der Waals surface area contributed by atoms with Crippen molar-refractivity contribution in [3.05, 3.63) is 22.2 Å². The van der Waals surface area contributed by atoms with Crippen LogP contribution in [0.3, 0.4) is 0 Å². The maximum absolute atomic E-state index is 12.3. The maximum Gasteiger partial charge on any atom is 0.445 e. The molecule has 2 rings (SSSR count). The number of anilines is 1. The molecule has 2 nitrogen and oxygen atoms in total. The average Bonchev–Trinajstić information content (AvgIpc) is 2.47. The van der Waals surface area contributed by atoms with Crippen molar-refractivity contribution in [2.45, 2.75) is 19.3 Å². The van der Waals surface area contributed by atoms with Crippen molar-refractivity contribution in [3.63, 3.8) is 0 Å². The van der Waals surface area contributed by atoms with E-state index in [9.17, 15) is 13.2 Å². The number of hydrogen-bond acceptors (Lipinski definition) is 2. The Morgan fingerprint density at radius 3 is 2.67 bits per heavy atom. The molecular weight excluding hydrogens is 275 g/mol. The van der Waals surface area contributed by atoms with E-state index >= 15 is 0 Å². The molecule has 0 fully saturated rings. The predicted octanol–water partition coefficient (Wildman–Crippen LogP) is 3.45. The lowest BCUT2D eigenvalue weighted by Crippen LogP contribution is -2.37. The van der Waals surface area contributed by atoms with Gasteiger partial charge >= 0.3 is 6.18 Å². The SMILES string of the molecule is Cc1cc2c(cc1Br)OC(C(F)(F)F)N2. The second kappa shape index (κ2) is 3.30. The Morgan fingerprint density at radius 1 is 1.40 bits per heavy atom. The van der Waals surface area contributed by atoms with Crippen LogP contribution in [0.1, 0.15) is 5.56 Å². The summed E-state index contributed by atoms with van der Waals surface area (Å²) >= 11 is 3.23. The molecule has 0 saturated carbocycles. The third-order valence-corrected chi connectivity index (χ3v) is 2.94. The second-order valence-electron chi connectivity index (χ2n) is 3.28. The van der Waals surface area contributed by atoms with Gasteiger partial charge in [0.2, 0.25) is 0 Å². The zero-order valence-corrected chi connectivity index (χ0v) is 9.24. The normalized spacial score (nSPS) is 19.4. The summed E-state index contributed by atoms with van der Waals surface area (Å²) < 4.78 is 42.5. The molecule has 1 atom stereocenters. The number of aryl methyl sites for hydroxylation is 1. The lowest BCUT2D eigenvalue weighted by atomic mass is 10.2. The first-order valence-corrected chi connectivity index (χ1v) is 4.97. The van der Waals surface area contributed by atoms with Crippen LogP contribution in [0.5, 0.6) is 5.75 Å². The zero-order valence-electron chi connectivity index (χ0n) is 7.65. The molecule has 0 aliphatic carbocycles. The van der Waals surface area contributed by atoms with Crippen molar-refractivity contribution >= 4 is 21.6 Å². The van der Waals surface area contributed by atoms with E-state index in [1.165, 1.54) is 6.07 Å². The van der Waals surface area contributed by atoms with Crippen molar-refractivity contribution in [2.24, 2.45) is 0 Å². The summed E-state index contributed by atoms with van der Waals surface area (Å²) in [5.41, 5.74) is 1.23. The summed E-state index contributed by atoms with van der Waals surface area (Å²) in [6, 6.07) is 3.15. The third kappa shape index (κ3) is 1.90. The molecule has 0 spiro atoms. The molecule has 0 saturated heterocycles. The highest BCUT2D eigenvalue weighted by atomic mass is 79.9. The van der Waals surface area contributed by atoms with Gasteiger partial charge < -0.3 is 10.1 Å². The summed E-state index contributed by atoms with van der Waals surface area (Å²) in [6.07, 6.45) is -6.35. The standard InChI is InChI=1S/C9H7BrF3NO/c1-4-2-6-7(3-5(4)10)15-8(14-6)9(11,12)13/h2-3,8,14H,1H3. The van der Waals surface area contributed by atoms with Crippen LogP contribution in [0.25, 0.3) is 0 Å². The number of rotatable bonds is 0. The van der Waals surface area contributed by atoms with E-state index in [0.717, 1.165) is 10.0 Å². The molecule has 1 unspecified atom stereocenters. The van der Waals surface area contributed by atoms with Gasteiger partial charge in [0.05, 0.1) is 5.69 Å². The summed E-state index contributed by atoms with van der Waals surface area (Å²) in [7, 11) is 0. The largest absolute Gasteiger partial charge is 0.459 e. The van der Waals surface area contributed by atoms with E-state index in [0.29, 0.717) is 5.69 Å². The molecule has 1 heterocycles. The first-order valence-electron chi connectivity index (χ1n) is 4.18. The van der Waals surface area contributed by atoms with Crippen LogP contribution in [0.4, 0.5) is 18.9 Å². The van der Waals surface area contributed by atoms with Crippen molar-refractivity contribution in [1.29, 1.82) is 0 Å². The topological polar surface area (TPSA) is 21.3 Å². The Morgan fingerprint density at radius 2 is 2.07 bits per heavy atom. The molecule has 0 aromatic heterocycles. The number of nitrogens with one attached hydrogen (secondary N) is 1. The summed E-state index contributed by atoms with van der Waals surface area (Å²) in [4.78, 5) is 0. The maximum atomic E-state index is 12.3. The van der Waals surface area contributed by atoms with E-state index in [4.69, 9.17) is 4.74 Å². The van der Waals surface area contributed by atoms with Crippen molar-refractivity contribution in [1.82, 2.24) is 0 Å². The molecule has 6 heteroatoms. The minimum Gasteiger partial charge on any atom is -0.459 e. The van der Waals surface area contributed by atoms with E-state index in [1.807, 2.05) is 0 Å². The minimum atomic E-state index is -4.40. The van der Waals surface area contributed by atoms with Gasteiger partial charge in [0, 0.05) is 4.47 Å². The summed E-state index contributed by atoms with van der Waals surface area (Å²) in [5, 5.41) is 2.27. The van der Waals surface area contributed by atoms with E-state index in [2.05, 4.69) is 21.2 Å². The Bertz CT molecular complexity index is 374. The number of halogens is 4. The fourth-order valence-corrected chi connectivity index (χ4v) is 1.64. The highest BCUT2D eigenvalue weighted by molar-refractivity contribution is 9.10. The van der Waals surface area contributed by atoms with E-state index in [1.54, 1.807) is 13.0 Å². The number of ether oxygens (including phenoxy) is 1. The Hall–Kier alpha value is -0.910. The Labute approximate surface area is 92.5 Å². The van der Waals surface area contributed by atoms with Gasteiger partial charge in [-0.1, -0.05) is 15.9 Å². The van der Waals surface area contributed by atoms with Crippen LogP contribution >= 0.6 is 15.9 Å². The van der Waals surface area contributed by atoms with Gasteiger partial charge in [-0.15, -0.1) is 0 Å². The number of fused-ring (bicyclic) bond motifs is 1. The van der Waals surface area contributed by atoms with Crippen molar-refractivity contribution in [3.8, 4) is 5.75 Å². The van der Waals surface area contributed by atoms with Gasteiger partial charge in [-0.25, -0.2) is 0 Å². The quantitative estimate of drug-likeness (QED) is 0.787. The van der Waals surface area contributed by atoms with Crippen molar-refractivity contribution in [2.75, 3.05) is 5.32 Å². The molecule has 1 aliphatic rings. The molecular formula is C9H7BrF3NO. The molecule has 1 N–H and O–H groups in total. The monoisotopic (exact) mass is 281 g/mol. The predicted molar refractivity (Wildman–Crippen MR) is 53.0 cm³/mol. The van der Waals surface area contributed by atoms with Crippen LogP contribution < -0.4 is 10.1 Å². The average molecular weight is 282 g/mol. The summed E-state index contributed by atoms with van der Waals surface area (Å²) in [6.45, 7) is 1.80. The molecule has 0 amide bonds. The Kier molecular flexibility index (Phi) is 2.33. The van der Waals surface area contributed by atoms with Crippen LogP contribution in [-0.4, -0.2) is 12.4 Å².